The lowest BCUT2D eigenvalue weighted by molar-refractivity contribution is -0.149. The van der Waals surface area contributed by atoms with E-state index >= 15 is 0 Å². The van der Waals surface area contributed by atoms with Gasteiger partial charge in [-0.15, -0.1) is 0 Å². The van der Waals surface area contributed by atoms with Gasteiger partial charge in [0, 0.05) is 19.3 Å². The molecule has 0 rings (SSSR count). The van der Waals surface area contributed by atoms with E-state index in [-0.39, 0.29) is 18.0 Å². The molecule has 0 N–H and O–H groups in total. The molecule has 0 saturated heterocycles. The highest BCUT2D eigenvalue weighted by Gasteiger charge is 2.13. The van der Waals surface area contributed by atoms with Gasteiger partial charge in [-0.25, -0.2) is 0 Å². The molecule has 0 aromatic carbocycles. The van der Waals surface area contributed by atoms with Gasteiger partial charge in [-0.2, -0.15) is 0 Å². The standard InChI is InChI=1S/C37H70O4/c1-4-6-8-10-11-12-13-14-15-16-17-18-23-26-30-34-37(39)41-35(31-27-9-7-5-2)32-28-24-21-19-20-22-25-29-33-36(38)40-3/h24,28,35H,4-23,25-27,29-34H2,1-3H3/b28-24-. The Morgan fingerprint density at radius 1 is 0.512 bits per heavy atom. The minimum absolute atomic E-state index is 0.000500. The monoisotopic (exact) mass is 579 g/mol. The number of hydrogen-bond acceptors (Lipinski definition) is 4. The Labute approximate surface area is 256 Å². The molecule has 0 fully saturated rings. The number of esters is 2. The van der Waals surface area contributed by atoms with Gasteiger partial charge in [-0.3, -0.25) is 9.59 Å². The largest absolute Gasteiger partial charge is 0.469 e. The topological polar surface area (TPSA) is 52.6 Å². The second kappa shape index (κ2) is 33.2. The van der Waals surface area contributed by atoms with Gasteiger partial charge in [0.1, 0.15) is 6.10 Å². The molecule has 1 unspecified atom stereocenters. The van der Waals surface area contributed by atoms with Crippen LogP contribution in [0, 0.1) is 0 Å². The van der Waals surface area contributed by atoms with E-state index in [1.165, 1.54) is 129 Å². The lowest BCUT2D eigenvalue weighted by atomic mass is 10.0. The van der Waals surface area contributed by atoms with Crippen LogP contribution in [0.15, 0.2) is 12.2 Å². The van der Waals surface area contributed by atoms with Gasteiger partial charge in [0.05, 0.1) is 7.11 Å². The molecular weight excluding hydrogens is 508 g/mol. The van der Waals surface area contributed by atoms with Crippen LogP contribution >= 0.6 is 0 Å². The second-order valence-electron chi connectivity index (χ2n) is 12.3. The van der Waals surface area contributed by atoms with Gasteiger partial charge in [-0.05, 0) is 38.5 Å². The zero-order valence-electron chi connectivity index (χ0n) is 27.9. The highest BCUT2D eigenvalue weighted by molar-refractivity contribution is 5.69. The molecule has 0 aromatic rings. The van der Waals surface area contributed by atoms with Crippen molar-refractivity contribution in [1.29, 1.82) is 0 Å². The summed E-state index contributed by atoms with van der Waals surface area (Å²) in [5.74, 6) is -0.103. The molecule has 0 radical (unpaired) electrons. The first kappa shape index (κ1) is 39.7. The maximum Gasteiger partial charge on any atom is 0.306 e. The minimum atomic E-state index is -0.104. The van der Waals surface area contributed by atoms with Gasteiger partial charge < -0.3 is 9.47 Å². The van der Waals surface area contributed by atoms with Crippen LogP contribution in [0.25, 0.3) is 0 Å². The summed E-state index contributed by atoms with van der Waals surface area (Å²) in [6.07, 6.45) is 39.0. The fourth-order valence-electron chi connectivity index (χ4n) is 5.44. The van der Waals surface area contributed by atoms with Crippen LogP contribution in [0.5, 0.6) is 0 Å². The molecule has 0 aliphatic carbocycles. The molecule has 0 bridgehead atoms. The van der Waals surface area contributed by atoms with Gasteiger partial charge in [0.25, 0.3) is 0 Å². The molecule has 0 aliphatic rings. The average Bonchev–Trinajstić information content (AvgIpc) is 2.97. The van der Waals surface area contributed by atoms with E-state index in [1.54, 1.807) is 0 Å². The lowest BCUT2D eigenvalue weighted by Gasteiger charge is -2.16. The Hall–Kier alpha value is -1.32. The third-order valence-corrected chi connectivity index (χ3v) is 8.21. The molecule has 0 heterocycles. The van der Waals surface area contributed by atoms with Crippen LogP contribution < -0.4 is 0 Å². The average molecular weight is 579 g/mol. The van der Waals surface area contributed by atoms with Crippen molar-refractivity contribution < 1.29 is 19.1 Å². The third kappa shape index (κ3) is 31.4. The first-order valence-electron chi connectivity index (χ1n) is 18.0. The van der Waals surface area contributed by atoms with Crippen LogP contribution in [0.3, 0.4) is 0 Å². The summed E-state index contributed by atoms with van der Waals surface area (Å²) in [6.45, 7) is 4.52. The Bertz CT molecular complexity index is 585. The maximum atomic E-state index is 12.5. The van der Waals surface area contributed by atoms with Crippen LogP contribution in [-0.4, -0.2) is 25.2 Å². The summed E-state index contributed by atoms with van der Waals surface area (Å²) in [5, 5.41) is 0. The van der Waals surface area contributed by atoms with E-state index in [9.17, 15) is 9.59 Å². The summed E-state index contributed by atoms with van der Waals surface area (Å²) in [6, 6.07) is 0. The SMILES string of the molecule is CCCCCCCCCCCCCCCCCC(=O)OC(C/C=C\CCCCCCCC(=O)OC)CCCCCC. The van der Waals surface area contributed by atoms with Crippen molar-refractivity contribution in [3.8, 4) is 0 Å². The second-order valence-corrected chi connectivity index (χ2v) is 12.3. The number of carbonyl (C=O) groups is 2. The van der Waals surface area contributed by atoms with E-state index in [4.69, 9.17) is 4.74 Å². The first-order valence-corrected chi connectivity index (χ1v) is 18.0. The van der Waals surface area contributed by atoms with Gasteiger partial charge in [0.2, 0.25) is 0 Å². The smallest absolute Gasteiger partial charge is 0.306 e. The zero-order chi connectivity index (χ0) is 30.1. The zero-order valence-corrected chi connectivity index (χ0v) is 27.9. The lowest BCUT2D eigenvalue weighted by Crippen LogP contribution is -2.17. The summed E-state index contributed by atoms with van der Waals surface area (Å²) in [5.41, 5.74) is 0. The molecule has 0 aromatic heterocycles. The predicted molar refractivity (Wildman–Crippen MR) is 176 cm³/mol. The summed E-state index contributed by atoms with van der Waals surface area (Å²) < 4.78 is 10.6. The highest BCUT2D eigenvalue weighted by atomic mass is 16.5. The number of hydrogen-bond donors (Lipinski definition) is 0. The van der Waals surface area contributed by atoms with E-state index < -0.39 is 0 Å². The van der Waals surface area contributed by atoms with Crippen molar-refractivity contribution in [2.24, 2.45) is 0 Å². The van der Waals surface area contributed by atoms with Crippen molar-refractivity contribution in [2.75, 3.05) is 7.11 Å². The summed E-state index contributed by atoms with van der Waals surface area (Å²) in [4.78, 5) is 23.7. The van der Waals surface area contributed by atoms with Crippen LogP contribution in [0.2, 0.25) is 0 Å². The van der Waals surface area contributed by atoms with Crippen LogP contribution in [0.4, 0.5) is 0 Å². The van der Waals surface area contributed by atoms with Crippen molar-refractivity contribution in [3.05, 3.63) is 12.2 Å². The molecule has 0 amide bonds. The molecular formula is C37H70O4. The number of unbranched alkanes of at least 4 members (excludes halogenated alkanes) is 22. The van der Waals surface area contributed by atoms with Crippen molar-refractivity contribution >= 4 is 11.9 Å². The maximum absolute atomic E-state index is 12.5. The predicted octanol–water partition coefficient (Wildman–Crippen LogP) is 12.0. The number of allylic oxidation sites excluding steroid dienone is 1. The number of carbonyl (C=O) groups excluding carboxylic acids is 2. The van der Waals surface area contributed by atoms with Crippen molar-refractivity contribution in [1.82, 2.24) is 0 Å². The van der Waals surface area contributed by atoms with E-state index in [2.05, 4.69) is 30.7 Å². The quantitative estimate of drug-likeness (QED) is 0.0452. The molecule has 242 valence electrons. The van der Waals surface area contributed by atoms with Crippen molar-refractivity contribution in [2.45, 2.75) is 206 Å². The first-order chi connectivity index (χ1) is 20.1. The number of rotatable bonds is 32. The molecule has 4 heteroatoms. The van der Waals surface area contributed by atoms with Crippen LogP contribution in [-0.2, 0) is 19.1 Å². The molecule has 41 heavy (non-hydrogen) atoms. The highest BCUT2D eigenvalue weighted by Crippen LogP contribution is 2.17. The van der Waals surface area contributed by atoms with Crippen LogP contribution in [0.1, 0.15) is 200 Å². The normalized spacial score (nSPS) is 12.2. The molecule has 1 atom stereocenters. The Balaban J connectivity index is 3.86. The Kier molecular flexibility index (Phi) is 32.1. The van der Waals surface area contributed by atoms with Gasteiger partial charge in [-0.1, -0.05) is 154 Å². The van der Waals surface area contributed by atoms with E-state index in [0.717, 1.165) is 51.4 Å². The van der Waals surface area contributed by atoms with E-state index in [0.29, 0.717) is 12.8 Å². The van der Waals surface area contributed by atoms with E-state index in [1.807, 2.05) is 0 Å². The van der Waals surface area contributed by atoms with Crippen molar-refractivity contribution in [3.63, 3.8) is 0 Å². The fourth-order valence-corrected chi connectivity index (χ4v) is 5.44. The fraction of sp³-hybridized carbons (Fsp3) is 0.892. The number of methoxy groups -OCH3 is 1. The summed E-state index contributed by atoms with van der Waals surface area (Å²) in [7, 11) is 1.45. The molecule has 0 saturated carbocycles. The minimum Gasteiger partial charge on any atom is -0.469 e. The molecule has 0 spiro atoms. The Morgan fingerprint density at radius 3 is 1.41 bits per heavy atom. The van der Waals surface area contributed by atoms with Gasteiger partial charge >= 0.3 is 11.9 Å². The molecule has 4 nitrogen and oxygen atoms in total. The van der Waals surface area contributed by atoms with Gasteiger partial charge in [0.15, 0.2) is 0 Å². The Morgan fingerprint density at radius 2 is 0.927 bits per heavy atom. The third-order valence-electron chi connectivity index (χ3n) is 8.21. The molecule has 0 aliphatic heterocycles. The summed E-state index contributed by atoms with van der Waals surface area (Å²) >= 11 is 0. The number of ether oxygens (including phenoxy) is 2.